The maximum absolute atomic E-state index is 12.0. The first-order chi connectivity index (χ1) is 12.4. The average molecular weight is 379 g/mol. The smallest absolute Gasteiger partial charge is 0.344 e. The fraction of sp³-hybridized carbons (Fsp3) is 0.176. The van der Waals surface area contributed by atoms with Gasteiger partial charge < -0.3 is 14.8 Å². The van der Waals surface area contributed by atoms with Crippen molar-refractivity contribution in [3.63, 3.8) is 0 Å². The number of carbonyl (C=O) groups is 2. The minimum atomic E-state index is -1.08. The van der Waals surface area contributed by atoms with Crippen LogP contribution in [0.25, 0.3) is 0 Å². The molecule has 136 valence electrons. The number of nitrogens with one attached hydrogen (secondary N) is 1. The number of halogens is 1. The van der Waals surface area contributed by atoms with E-state index in [1.807, 2.05) is 0 Å². The van der Waals surface area contributed by atoms with Gasteiger partial charge in [-0.1, -0.05) is 23.7 Å². The molecule has 0 fully saturated rings. The monoisotopic (exact) mass is 378 g/mol. The zero-order valence-electron chi connectivity index (χ0n) is 13.7. The first-order valence-corrected chi connectivity index (χ1v) is 7.86. The molecule has 2 aromatic carbocycles. The van der Waals surface area contributed by atoms with Crippen molar-refractivity contribution < 1.29 is 24.0 Å². The highest BCUT2D eigenvalue weighted by Crippen LogP contribution is 2.25. The summed E-state index contributed by atoms with van der Waals surface area (Å²) in [6, 6.07) is 12.1. The molecule has 9 heteroatoms. The zero-order valence-corrected chi connectivity index (χ0v) is 14.4. The number of ether oxygens (including phenoxy) is 2. The van der Waals surface area contributed by atoms with Gasteiger partial charge in [-0.3, -0.25) is 14.9 Å². The van der Waals surface area contributed by atoms with Crippen LogP contribution in [0.2, 0.25) is 5.02 Å². The van der Waals surface area contributed by atoms with E-state index in [1.165, 1.54) is 31.2 Å². The van der Waals surface area contributed by atoms with Crippen LogP contribution in [-0.2, 0) is 14.3 Å². The summed E-state index contributed by atoms with van der Waals surface area (Å²) < 4.78 is 10.1. The molecule has 1 N–H and O–H groups in total. The van der Waals surface area contributed by atoms with E-state index in [4.69, 9.17) is 21.1 Å². The van der Waals surface area contributed by atoms with Gasteiger partial charge in [0, 0.05) is 16.8 Å². The standard InChI is InChI=1S/C17H15ClN2O6/c1-11(17(22)19-13-8-6-12(18)7-9-13)26-16(21)10-25-15-5-3-2-4-14(15)20(23)24/h2-9,11H,10H2,1H3,(H,19,22)/t11-/m0/s1. The van der Waals surface area contributed by atoms with E-state index in [2.05, 4.69) is 5.32 Å². The maximum Gasteiger partial charge on any atom is 0.344 e. The summed E-state index contributed by atoms with van der Waals surface area (Å²) >= 11 is 5.76. The number of anilines is 1. The third-order valence-corrected chi connectivity index (χ3v) is 3.45. The average Bonchev–Trinajstić information content (AvgIpc) is 2.62. The van der Waals surface area contributed by atoms with E-state index in [-0.39, 0.29) is 11.4 Å². The number of rotatable bonds is 7. The summed E-state index contributed by atoms with van der Waals surface area (Å²) in [5, 5.41) is 14.0. The molecule has 0 heterocycles. The molecule has 2 aromatic rings. The van der Waals surface area contributed by atoms with Gasteiger partial charge in [-0.25, -0.2) is 4.79 Å². The number of amides is 1. The van der Waals surface area contributed by atoms with Crippen molar-refractivity contribution in [2.75, 3.05) is 11.9 Å². The molecule has 8 nitrogen and oxygen atoms in total. The van der Waals surface area contributed by atoms with E-state index in [9.17, 15) is 19.7 Å². The number of esters is 1. The van der Waals surface area contributed by atoms with E-state index in [0.717, 1.165) is 0 Å². The van der Waals surface area contributed by atoms with Gasteiger partial charge in [-0.15, -0.1) is 0 Å². The fourth-order valence-electron chi connectivity index (χ4n) is 1.93. The van der Waals surface area contributed by atoms with Gasteiger partial charge in [0.15, 0.2) is 18.5 Å². The van der Waals surface area contributed by atoms with Gasteiger partial charge in [0.1, 0.15) is 0 Å². The lowest BCUT2D eigenvalue weighted by Crippen LogP contribution is -2.31. The second-order valence-corrected chi connectivity index (χ2v) is 5.58. The molecule has 0 saturated carbocycles. The van der Waals surface area contributed by atoms with E-state index in [1.54, 1.807) is 24.3 Å². The SMILES string of the molecule is C[C@H](OC(=O)COc1ccccc1[N+](=O)[O-])C(=O)Nc1ccc(Cl)cc1. The van der Waals surface area contributed by atoms with Gasteiger partial charge in [0.25, 0.3) is 5.91 Å². The fourth-order valence-corrected chi connectivity index (χ4v) is 2.05. The number of nitro groups is 1. The Kier molecular flexibility index (Phi) is 6.51. The summed E-state index contributed by atoms with van der Waals surface area (Å²) in [4.78, 5) is 34.0. The molecule has 0 radical (unpaired) electrons. The minimum Gasteiger partial charge on any atom is -0.475 e. The quantitative estimate of drug-likeness (QED) is 0.450. The third kappa shape index (κ3) is 5.45. The van der Waals surface area contributed by atoms with Gasteiger partial charge in [-0.2, -0.15) is 0 Å². The van der Waals surface area contributed by atoms with E-state index < -0.39 is 29.5 Å². The Morgan fingerprint density at radius 1 is 1.19 bits per heavy atom. The number of para-hydroxylation sites is 2. The van der Waals surface area contributed by atoms with Crippen molar-refractivity contribution in [2.24, 2.45) is 0 Å². The molecule has 26 heavy (non-hydrogen) atoms. The number of nitro benzene ring substituents is 1. The Hall–Kier alpha value is -3.13. The lowest BCUT2D eigenvalue weighted by molar-refractivity contribution is -0.385. The van der Waals surface area contributed by atoms with E-state index in [0.29, 0.717) is 10.7 Å². The van der Waals surface area contributed by atoms with Gasteiger partial charge in [0.2, 0.25) is 0 Å². The molecule has 0 aliphatic heterocycles. The topological polar surface area (TPSA) is 108 Å². The predicted octanol–water partition coefficient (Wildman–Crippen LogP) is 3.20. The summed E-state index contributed by atoms with van der Waals surface area (Å²) in [5.74, 6) is -1.43. The van der Waals surface area contributed by atoms with Crippen LogP contribution in [0.5, 0.6) is 5.75 Å². The van der Waals surface area contributed by atoms with Crippen LogP contribution in [0.4, 0.5) is 11.4 Å². The van der Waals surface area contributed by atoms with Crippen molar-refractivity contribution in [1.29, 1.82) is 0 Å². The molecule has 0 saturated heterocycles. The molecule has 2 rings (SSSR count). The number of benzene rings is 2. The highest BCUT2D eigenvalue weighted by atomic mass is 35.5. The Bertz CT molecular complexity index is 809. The van der Waals surface area contributed by atoms with Crippen LogP contribution in [0.1, 0.15) is 6.92 Å². The second kappa shape index (κ2) is 8.82. The molecule has 0 aromatic heterocycles. The molecule has 0 spiro atoms. The number of hydrogen-bond acceptors (Lipinski definition) is 6. The van der Waals surface area contributed by atoms with Crippen LogP contribution in [0.15, 0.2) is 48.5 Å². The Morgan fingerprint density at radius 3 is 2.50 bits per heavy atom. The molecule has 1 amide bonds. The first kappa shape index (κ1) is 19.2. The summed E-state index contributed by atoms with van der Waals surface area (Å²) in [7, 11) is 0. The number of carbonyl (C=O) groups excluding carboxylic acids is 2. The largest absolute Gasteiger partial charge is 0.475 e. The summed E-state index contributed by atoms with van der Waals surface area (Å²) in [5.41, 5.74) is 0.229. The van der Waals surface area contributed by atoms with Crippen molar-refractivity contribution in [3.05, 3.63) is 63.7 Å². The number of nitrogens with zero attached hydrogens (tertiary/aromatic N) is 1. The molecule has 1 atom stereocenters. The van der Waals surface area contributed by atoms with E-state index >= 15 is 0 Å². The van der Waals surface area contributed by atoms with Gasteiger partial charge in [0.05, 0.1) is 4.92 Å². The lowest BCUT2D eigenvalue weighted by Gasteiger charge is -2.14. The summed E-state index contributed by atoms with van der Waals surface area (Å²) in [6.45, 7) is 0.831. The number of hydrogen-bond donors (Lipinski definition) is 1. The summed E-state index contributed by atoms with van der Waals surface area (Å²) in [6.07, 6.45) is -1.08. The molecule has 0 bridgehead atoms. The molecule has 0 unspecified atom stereocenters. The highest BCUT2D eigenvalue weighted by molar-refractivity contribution is 6.30. The second-order valence-electron chi connectivity index (χ2n) is 5.14. The predicted molar refractivity (Wildman–Crippen MR) is 94.2 cm³/mol. The van der Waals surface area contributed by atoms with Crippen LogP contribution in [0.3, 0.4) is 0 Å². The van der Waals surface area contributed by atoms with Crippen molar-refractivity contribution >= 4 is 34.9 Å². The van der Waals surface area contributed by atoms with Crippen LogP contribution in [-0.4, -0.2) is 29.5 Å². The highest BCUT2D eigenvalue weighted by Gasteiger charge is 2.20. The van der Waals surface area contributed by atoms with Crippen molar-refractivity contribution in [3.8, 4) is 5.75 Å². The lowest BCUT2D eigenvalue weighted by atomic mass is 10.3. The third-order valence-electron chi connectivity index (χ3n) is 3.20. The normalized spacial score (nSPS) is 11.3. The Balaban J connectivity index is 1.86. The van der Waals surface area contributed by atoms with Crippen molar-refractivity contribution in [2.45, 2.75) is 13.0 Å². The molecular formula is C17H15ClN2O6. The maximum atomic E-state index is 12.0. The minimum absolute atomic E-state index is 0.0623. The Morgan fingerprint density at radius 2 is 1.85 bits per heavy atom. The first-order valence-electron chi connectivity index (χ1n) is 7.49. The zero-order chi connectivity index (χ0) is 19.1. The Labute approximate surface area is 153 Å². The molecule has 0 aliphatic carbocycles. The van der Waals surface area contributed by atoms with Crippen LogP contribution in [0, 0.1) is 10.1 Å². The van der Waals surface area contributed by atoms with Crippen LogP contribution >= 0.6 is 11.6 Å². The van der Waals surface area contributed by atoms with Crippen LogP contribution < -0.4 is 10.1 Å². The van der Waals surface area contributed by atoms with Gasteiger partial charge in [-0.05, 0) is 37.3 Å². The van der Waals surface area contributed by atoms with Crippen molar-refractivity contribution in [1.82, 2.24) is 0 Å². The van der Waals surface area contributed by atoms with Gasteiger partial charge >= 0.3 is 11.7 Å². The molecular weight excluding hydrogens is 364 g/mol. The molecule has 0 aliphatic rings.